The van der Waals surface area contributed by atoms with Crippen molar-refractivity contribution < 1.29 is 13.5 Å². The van der Waals surface area contributed by atoms with Gasteiger partial charge in [-0.25, -0.2) is 13.8 Å². The Labute approximate surface area is 119 Å². The molecule has 21 heavy (non-hydrogen) atoms. The molecule has 0 amide bonds. The summed E-state index contributed by atoms with van der Waals surface area (Å²) in [7, 11) is 1.56. The van der Waals surface area contributed by atoms with Crippen LogP contribution in [0.2, 0.25) is 0 Å². The molecule has 1 aromatic heterocycles. The monoisotopic (exact) mass is 289 g/mol. The number of nitrogens with zero attached hydrogens (tertiary/aromatic N) is 2. The van der Waals surface area contributed by atoms with Gasteiger partial charge in [0.15, 0.2) is 11.6 Å². The minimum Gasteiger partial charge on any atom is -0.380 e. The summed E-state index contributed by atoms with van der Waals surface area (Å²) in [6.07, 6.45) is 0. The van der Waals surface area contributed by atoms with Crippen molar-refractivity contribution in [1.29, 1.82) is 0 Å². The lowest BCUT2D eigenvalue weighted by Gasteiger charge is -2.12. The first-order valence-corrected chi connectivity index (χ1v) is 6.32. The van der Waals surface area contributed by atoms with Crippen molar-refractivity contribution in [3.63, 3.8) is 0 Å². The van der Waals surface area contributed by atoms with Crippen molar-refractivity contribution in [3.05, 3.63) is 53.6 Å². The number of ether oxygens (including phenoxy) is 1. The Bertz CT molecular complexity index is 814. The maximum absolute atomic E-state index is 14.2. The van der Waals surface area contributed by atoms with Gasteiger partial charge in [0.25, 0.3) is 0 Å². The van der Waals surface area contributed by atoms with Crippen LogP contribution in [0.5, 0.6) is 0 Å². The number of halogens is 2. The standard InChI is InChI=1S/C15H13F2N3O/c1-21-8-9-4-2-3-5-12(9)20-14-11(19-15(20)18)7-6-10(16)13(14)17/h2-7H,8H2,1H3,(H2,18,19). The molecular weight excluding hydrogens is 276 g/mol. The molecule has 0 spiro atoms. The molecule has 0 saturated heterocycles. The van der Waals surface area contributed by atoms with Gasteiger partial charge in [0.2, 0.25) is 5.95 Å². The summed E-state index contributed by atoms with van der Waals surface area (Å²) < 4.78 is 34.2. The first-order valence-electron chi connectivity index (χ1n) is 6.32. The van der Waals surface area contributed by atoms with Gasteiger partial charge in [0.05, 0.1) is 17.8 Å². The zero-order valence-corrected chi connectivity index (χ0v) is 11.3. The Morgan fingerprint density at radius 3 is 2.71 bits per heavy atom. The van der Waals surface area contributed by atoms with Gasteiger partial charge in [-0.05, 0) is 18.2 Å². The number of imidazole rings is 1. The summed E-state index contributed by atoms with van der Waals surface area (Å²) in [5.41, 5.74) is 7.63. The second-order valence-electron chi connectivity index (χ2n) is 4.60. The summed E-state index contributed by atoms with van der Waals surface area (Å²) in [5.74, 6) is -1.81. The SMILES string of the molecule is COCc1ccccc1-n1c(N)nc2ccc(F)c(F)c21. The number of hydrogen-bond donors (Lipinski definition) is 1. The van der Waals surface area contributed by atoms with Crippen LogP contribution in [0.15, 0.2) is 36.4 Å². The van der Waals surface area contributed by atoms with E-state index in [0.29, 0.717) is 17.8 Å². The van der Waals surface area contributed by atoms with E-state index in [2.05, 4.69) is 4.98 Å². The molecule has 0 aliphatic rings. The molecule has 0 bridgehead atoms. The van der Waals surface area contributed by atoms with Crippen molar-refractivity contribution in [2.75, 3.05) is 12.8 Å². The van der Waals surface area contributed by atoms with Crippen LogP contribution in [0.3, 0.4) is 0 Å². The molecule has 2 aromatic carbocycles. The second kappa shape index (κ2) is 5.14. The molecule has 0 aliphatic carbocycles. The fourth-order valence-electron chi connectivity index (χ4n) is 2.37. The molecule has 0 unspecified atom stereocenters. The predicted molar refractivity (Wildman–Crippen MR) is 76.1 cm³/mol. The van der Waals surface area contributed by atoms with Gasteiger partial charge < -0.3 is 10.5 Å². The smallest absolute Gasteiger partial charge is 0.206 e. The number of nitrogens with two attached hydrogens (primary N) is 1. The van der Waals surface area contributed by atoms with Gasteiger partial charge in [0, 0.05) is 12.7 Å². The first kappa shape index (κ1) is 13.5. The summed E-state index contributed by atoms with van der Waals surface area (Å²) in [5, 5.41) is 0. The van der Waals surface area contributed by atoms with Crippen LogP contribution in [0.1, 0.15) is 5.56 Å². The molecular formula is C15H13F2N3O. The Hall–Kier alpha value is -2.47. The van der Waals surface area contributed by atoms with Crippen LogP contribution >= 0.6 is 0 Å². The van der Waals surface area contributed by atoms with E-state index in [1.54, 1.807) is 19.2 Å². The van der Waals surface area contributed by atoms with E-state index in [4.69, 9.17) is 10.5 Å². The van der Waals surface area contributed by atoms with Gasteiger partial charge in [0.1, 0.15) is 5.52 Å². The van der Waals surface area contributed by atoms with Crippen LogP contribution in [0.4, 0.5) is 14.7 Å². The van der Waals surface area contributed by atoms with Crippen LogP contribution in [-0.4, -0.2) is 16.7 Å². The third-order valence-corrected chi connectivity index (χ3v) is 3.27. The molecule has 0 aliphatic heterocycles. The van der Waals surface area contributed by atoms with Crippen molar-refractivity contribution >= 4 is 17.0 Å². The minimum absolute atomic E-state index is 0.0241. The van der Waals surface area contributed by atoms with E-state index >= 15 is 0 Å². The molecule has 6 heteroatoms. The largest absolute Gasteiger partial charge is 0.380 e. The van der Waals surface area contributed by atoms with Gasteiger partial charge in [-0.2, -0.15) is 0 Å². The Morgan fingerprint density at radius 2 is 1.95 bits per heavy atom. The van der Waals surface area contributed by atoms with Crippen molar-refractivity contribution in [2.24, 2.45) is 0 Å². The van der Waals surface area contributed by atoms with Crippen molar-refractivity contribution in [1.82, 2.24) is 9.55 Å². The second-order valence-corrected chi connectivity index (χ2v) is 4.60. The van der Waals surface area contributed by atoms with E-state index in [1.807, 2.05) is 12.1 Å². The Balaban J connectivity index is 2.35. The maximum Gasteiger partial charge on any atom is 0.206 e. The fraction of sp³-hybridized carbons (Fsp3) is 0.133. The van der Waals surface area contributed by atoms with E-state index in [1.165, 1.54) is 10.6 Å². The third kappa shape index (κ3) is 2.13. The number of aromatic nitrogens is 2. The average molecular weight is 289 g/mol. The zero-order valence-electron chi connectivity index (χ0n) is 11.3. The minimum atomic E-state index is -0.969. The van der Waals surface area contributed by atoms with Gasteiger partial charge >= 0.3 is 0 Å². The molecule has 0 saturated carbocycles. The fourth-order valence-corrected chi connectivity index (χ4v) is 2.37. The number of hydrogen-bond acceptors (Lipinski definition) is 3. The van der Waals surface area contributed by atoms with Crippen molar-refractivity contribution in [3.8, 4) is 5.69 Å². The molecule has 3 rings (SSSR count). The zero-order chi connectivity index (χ0) is 15.0. The summed E-state index contributed by atoms with van der Waals surface area (Å²) >= 11 is 0. The van der Waals surface area contributed by atoms with Gasteiger partial charge in [-0.3, -0.25) is 4.57 Å². The quantitative estimate of drug-likeness (QED) is 0.806. The van der Waals surface area contributed by atoms with E-state index in [-0.39, 0.29) is 11.5 Å². The van der Waals surface area contributed by atoms with Gasteiger partial charge in [-0.15, -0.1) is 0 Å². The topological polar surface area (TPSA) is 53.1 Å². The highest BCUT2D eigenvalue weighted by molar-refractivity contribution is 5.82. The molecule has 108 valence electrons. The summed E-state index contributed by atoms with van der Waals surface area (Å²) in [6.45, 7) is 0.326. The van der Waals surface area contributed by atoms with E-state index in [9.17, 15) is 8.78 Å². The van der Waals surface area contributed by atoms with Crippen molar-refractivity contribution in [2.45, 2.75) is 6.61 Å². The number of anilines is 1. The molecule has 4 nitrogen and oxygen atoms in total. The lowest BCUT2D eigenvalue weighted by Crippen LogP contribution is -2.05. The Morgan fingerprint density at radius 1 is 1.19 bits per heavy atom. The third-order valence-electron chi connectivity index (χ3n) is 3.27. The maximum atomic E-state index is 14.2. The normalized spacial score (nSPS) is 11.2. The highest BCUT2D eigenvalue weighted by Crippen LogP contribution is 2.28. The summed E-state index contributed by atoms with van der Waals surface area (Å²) in [4.78, 5) is 4.09. The lowest BCUT2D eigenvalue weighted by molar-refractivity contribution is 0.185. The van der Waals surface area contributed by atoms with Crippen LogP contribution in [-0.2, 0) is 11.3 Å². The number of fused-ring (bicyclic) bond motifs is 1. The lowest BCUT2D eigenvalue weighted by atomic mass is 10.1. The van der Waals surface area contributed by atoms with Crippen LogP contribution in [0.25, 0.3) is 16.7 Å². The predicted octanol–water partition coefficient (Wildman–Crippen LogP) is 3.03. The van der Waals surface area contributed by atoms with Crippen LogP contribution < -0.4 is 5.73 Å². The molecule has 1 heterocycles. The highest BCUT2D eigenvalue weighted by Gasteiger charge is 2.18. The molecule has 0 radical (unpaired) electrons. The average Bonchev–Trinajstić information content (AvgIpc) is 2.81. The van der Waals surface area contributed by atoms with Crippen LogP contribution in [0, 0.1) is 11.6 Å². The summed E-state index contributed by atoms with van der Waals surface area (Å²) in [6, 6.07) is 9.66. The first-order chi connectivity index (χ1) is 10.1. The highest BCUT2D eigenvalue weighted by atomic mass is 19.2. The number of nitrogen functional groups attached to an aromatic ring is 1. The molecule has 3 aromatic rings. The molecule has 2 N–H and O–H groups in total. The Kier molecular flexibility index (Phi) is 3.31. The van der Waals surface area contributed by atoms with E-state index in [0.717, 1.165) is 11.6 Å². The van der Waals surface area contributed by atoms with E-state index < -0.39 is 11.6 Å². The molecule has 0 fully saturated rings. The molecule has 0 atom stereocenters. The number of para-hydroxylation sites is 1. The van der Waals surface area contributed by atoms with Gasteiger partial charge in [-0.1, -0.05) is 18.2 Å². The number of benzene rings is 2. The number of methoxy groups -OCH3 is 1. The number of rotatable bonds is 3.